The quantitative estimate of drug-likeness (QED) is 0.341. The van der Waals surface area contributed by atoms with Gasteiger partial charge >= 0.3 is 0 Å². The molecule has 3 aromatic rings. The molecule has 0 fully saturated rings. The van der Waals surface area contributed by atoms with E-state index in [0.717, 1.165) is 15.8 Å². The second kappa shape index (κ2) is 9.96. The van der Waals surface area contributed by atoms with Gasteiger partial charge in [-0.05, 0) is 46.3 Å². The Labute approximate surface area is 186 Å². The number of aromatic nitrogens is 3. The number of methoxy groups -OCH3 is 1. The maximum atomic E-state index is 12.3. The van der Waals surface area contributed by atoms with Gasteiger partial charge < -0.3 is 10.1 Å². The van der Waals surface area contributed by atoms with Gasteiger partial charge in [0, 0.05) is 22.3 Å². The number of thioether (sulfide) groups is 1. The van der Waals surface area contributed by atoms with E-state index in [1.165, 1.54) is 11.8 Å². The summed E-state index contributed by atoms with van der Waals surface area (Å²) in [6.45, 7) is 4.33. The Kier molecular flexibility index (Phi) is 7.35. The predicted octanol–water partition coefficient (Wildman–Crippen LogP) is 5.29. The molecular formula is C20H18BrClN4O2S. The van der Waals surface area contributed by atoms with Gasteiger partial charge in [-0.15, -0.1) is 16.8 Å². The third-order valence-electron chi connectivity index (χ3n) is 3.89. The molecule has 0 unspecified atom stereocenters. The highest BCUT2D eigenvalue weighted by atomic mass is 79.9. The Bertz CT molecular complexity index is 1040. The van der Waals surface area contributed by atoms with Crippen LogP contribution in [0, 0.1) is 0 Å². The highest BCUT2D eigenvalue weighted by molar-refractivity contribution is 9.10. The van der Waals surface area contributed by atoms with Gasteiger partial charge in [0.15, 0.2) is 11.0 Å². The zero-order chi connectivity index (χ0) is 20.8. The van der Waals surface area contributed by atoms with E-state index in [-0.39, 0.29) is 11.7 Å². The molecule has 0 saturated heterocycles. The Morgan fingerprint density at radius 1 is 1.34 bits per heavy atom. The van der Waals surface area contributed by atoms with Gasteiger partial charge in [-0.2, -0.15) is 0 Å². The number of carbonyl (C=O) groups excluding carboxylic acids is 1. The van der Waals surface area contributed by atoms with E-state index in [4.69, 9.17) is 16.3 Å². The van der Waals surface area contributed by atoms with E-state index in [9.17, 15) is 4.79 Å². The largest absolute Gasteiger partial charge is 0.497 e. The molecule has 0 aliphatic rings. The summed E-state index contributed by atoms with van der Waals surface area (Å²) in [7, 11) is 1.62. The van der Waals surface area contributed by atoms with Crippen LogP contribution < -0.4 is 10.1 Å². The van der Waals surface area contributed by atoms with E-state index in [1.54, 1.807) is 31.4 Å². The molecule has 0 spiro atoms. The van der Waals surface area contributed by atoms with Gasteiger partial charge in [0.1, 0.15) is 5.75 Å². The molecule has 1 heterocycles. The molecule has 1 amide bonds. The second-order valence-corrected chi connectivity index (χ2v) is 8.11. The first-order valence-electron chi connectivity index (χ1n) is 8.58. The number of benzene rings is 2. The number of carbonyl (C=O) groups is 1. The second-order valence-electron chi connectivity index (χ2n) is 5.90. The summed E-state index contributed by atoms with van der Waals surface area (Å²) >= 11 is 10.7. The topological polar surface area (TPSA) is 69.0 Å². The number of hydrogen-bond donors (Lipinski definition) is 1. The van der Waals surface area contributed by atoms with Crippen LogP contribution in [0.1, 0.15) is 0 Å². The van der Waals surface area contributed by atoms with Gasteiger partial charge in [0.05, 0.1) is 17.9 Å². The van der Waals surface area contributed by atoms with Crippen molar-refractivity contribution in [2.75, 3.05) is 18.2 Å². The molecule has 0 saturated carbocycles. The molecule has 0 radical (unpaired) electrons. The fraction of sp³-hybridized carbons (Fsp3) is 0.150. The molecule has 3 rings (SSSR count). The van der Waals surface area contributed by atoms with E-state index < -0.39 is 0 Å². The molecule has 1 aromatic heterocycles. The SMILES string of the molecule is C=CCn1c(SCC(=O)Nc2ccc(Br)c(Cl)c2)nnc1-c1cccc(OC)c1. The Morgan fingerprint density at radius 3 is 2.90 bits per heavy atom. The third-order valence-corrected chi connectivity index (χ3v) is 6.09. The maximum Gasteiger partial charge on any atom is 0.234 e. The summed E-state index contributed by atoms with van der Waals surface area (Å²) in [5, 5.41) is 12.5. The van der Waals surface area contributed by atoms with Gasteiger partial charge in [-0.25, -0.2) is 0 Å². The highest BCUT2D eigenvalue weighted by Gasteiger charge is 2.15. The minimum Gasteiger partial charge on any atom is -0.497 e. The molecule has 1 N–H and O–H groups in total. The minimum absolute atomic E-state index is 0.163. The molecule has 0 aliphatic carbocycles. The molecule has 0 aliphatic heterocycles. The van der Waals surface area contributed by atoms with Crippen LogP contribution in [-0.4, -0.2) is 33.5 Å². The lowest BCUT2D eigenvalue weighted by atomic mass is 10.2. The lowest BCUT2D eigenvalue weighted by Crippen LogP contribution is -2.14. The Morgan fingerprint density at radius 2 is 2.17 bits per heavy atom. The lowest BCUT2D eigenvalue weighted by molar-refractivity contribution is -0.113. The van der Waals surface area contributed by atoms with Crippen molar-refractivity contribution in [2.45, 2.75) is 11.7 Å². The third kappa shape index (κ3) is 5.41. The fourth-order valence-electron chi connectivity index (χ4n) is 2.57. The van der Waals surface area contributed by atoms with E-state index >= 15 is 0 Å². The summed E-state index contributed by atoms with van der Waals surface area (Å²) in [5.74, 6) is 1.44. The van der Waals surface area contributed by atoms with Crippen molar-refractivity contribution in [1.29, 1.82) is 0 Å². The summed E-state index contributed by atoms with van der Waals surface area (Å²) < 4.78 is 7.97. The van der Waals surface area contributed by atoms with Crippen molar-refractivity contribution >= 4 is 50.9 Å². The van der Waals surface area contributed by atoms with Crippen LogP contribution in [0.2, 0.25) is 5.02 Å². The molecular weight excluding hydrogens is 476 g/mol. The van der Waals surface area contributed by atoms with Crippen LogP contribution in [0.4, 0.5) is 5.69 Å². The summed E-state index contributed by atoms with van der Waals surface area (Å²) in [6.07, 6.45) is 1.76. The number of amides is 1. The zero-order valence-electron chi connectivity index (χ0n) is 15.6. The first-order valence-corrected chi connectivity index (χ1v) is 10.7. The number of allylic oxidation sites excluding steroid dienone is 1. The van der Waals surface area contributed by atoms with Gasteiger partial charge in [-0.3, -0.25) is 9.36 Å². The molecule has 9 heteroatoms. The first kappa shape index (κ1) is 21.4. The van der Waals surface area contributed by atoms with Crippen LogP contribution in [0.5, 0.6) is 5.75 Å². The maximum absolute atomic E-state index is 12.3. The summed E-state index contributed by atoms with van der Waals surface area (Å²) in [4.78, 5) is 12.3. The molecule has 2 aromatic carbocycles. The number of ether oxygens (including phenoxy) is 1. The van der Waals surface area contributed by atoms with Crippen LogP contribution in [0.3, 0.4) is 0 Å². The minimum atomic E-state index is -0.163. The Hall–Kier alpha value is -2.29. The van der Waals surface area contributed by atoms with E-state index in [0.29, 0.717) is 28.2 Å². The summed E-state index contributed by atoms with van der Waals surface area (Å²) in [5.41, 5.74) is 1.51. The molecule has 0 atom stereocenters. The van der Waals surface area contributed by atoms with Crippen molar-refractivity contribution < 1.29 is 9.53 Å². The molecule has 150 valence electrons. The van der Waals surface area contributed by atoms with E-state index in [2.05, 4.69) is 38.0 Å². The number of nitrogens with one attached hydrogen (secondary N) is 1. The standard InChI is InChI=1S/C20H18BrClN4O2S/c1-3-9-26-19(13-5-4-6-15(10-13)28-2)24-25-20(26)29-12-18(27)23-14-7-8-16(21)17(22)11-14/h3-8,10-11H,1,9,12H2,2H3,(H,23,27). The van der Waals surface area contributed by atoms with Crippen molar-refractivity contribution in [3.05, 3.63) is 64.6 Å². The molecule has 29 heavy (non-hydrogen) atoms. The van der Waals surface area contributed by atoms with E-state index in [1.807, 2.05) is 28.8 Å². The number of hydrogen-bond acceptors (Lipinski definition) is 5. The van der Waals surface area contributed by atoms with Crippen molar-refractivity contribution in [3.63, 3.8) is 0 Å². The van der Waals surface area contributed by atoms with Crippen LogP contribution >= 0.6 is 39.3 Å². The zero-order valence-corrected chi connectivity index (χ0v) is 18.7. The molecule has 0 bridgehead atoms. The van der Waals surface area contributed by atoms with Crippen molar-refractivity contribution in [2.24, 2.45) is 0 Å². The predicted molar refractivity (Wildman–Crippen MR) is 121 cm³/mol. The smallest absolute Gasteiger partial charge is 0.234 e. The number of nitrogens with zero attached hydrogens (tertiary/aromatic N) is 3. The number of rotatable bonds is 8. The average Bonchev–Trinajstić information content (AvgIpc) is 3.12. The summed E-state index contributed by atoms with van der Waals surface area (Å²) in [6, 6.07) is 12.8. The van der Waals surface area contributed by atoms with Crippen LogP contribution in [0.25, 0.3) is 11.4 Å². The van der Waals surface area contributed by atoms with Crippen LogP contribution in [-0.2, 0) is 11.3 Å². The Balaban J connectivity index is 1.73. The van der Waals surface area contributed by atoms with Gasteiger partial charge in [-0.1, -0.05) is 41.6 Å². The normalized spacial score (nSPS) is 10.6. The van der Waals surface area contributed by atoms with Gasteiger partial charge in [0.25, 0.3) is 0 Å². The number of anilines is 1. The van der Waals surface area contributed by atoms with Crippen molar-refractivity contribution in [1.82, 2.24) is 14.8 Å². The first-order chi connectivity index (χ1) is 14.0. The highest BCUT2D eigenvalue weighted by Crippen LogP contribution is 2.28. The van der Waals surface area contributed by atoms with Crippen LogP contribution in [0.15, 0.2) is 64.7 Å². The number of halogens is 2. The molecule has 6 nitrogen and oxygen atoms in total. The fourth-order valence-corrected chi connectivity index (χ4v) is 3.74. The average molecular weight is 494 g/mol. The van der Waals surface area contributed by atoms with Gasteiger partial charge in [0.2, 0.25) is 5.91 Å². The monoisotopic (exact) mass is 492 g/mol. The van der Waals surface area contributed by atoms with Crippen molar-refractivity contribution in [3.8, 4) is 17.1 Å². The lowest BCUT2D eigenvalue weighted by Gasteiger charge is -2.09.